The molecule has 0 bridgehead atoms. The first-order chi connectivity index (χ1) is 12.7. The molecule has 4 rings (SSSR count). The smallest absolute Gasteiger partial charge is 0.182 e. The third-order valence-electron chi connectivity index (χ3n) is 5.42. The van der Waals surface area contributed by atoms with E-state index in [9.17, 15) is 10.4 Å². The van der Waals surface area contributed by atoms with E-state index in [1.54, 1.807) is 0 Å². The van der Waals surface area contributed by atoms with Gasteiger partial charge in [0, 0.05) is 5.56 Å². The highest BCUT2D eigenvalue weighted by molar-refractivity contribution is 5.54. The number of nitrogens with zero attached hydrogens (tertiary/aromatic N) is 3. The minimum absolute atomic E-state index is 0.413. The molecule has 1 fully saturated rings. The predicted molar refractivity (Wildman–Crippen MR) is 97.9 cm³/mol. The summed E-state index contributed by atoms with van der Waals surface area (Å²) in [6.07, 6.45) is 2.08. The lowest BCUT2D eigenvalue weighted by Crippen LogP contribution is -2.39. The van der Waals surface area contributed by atoms with Gasteiger partial charge >= 0.3 is 0 Å². The standard InChI is InChI=1S/C21H20N4O/c22-15-20(17-9-5-2-6-10-17)11-13-21(26,14-12-20)19-23-18(24-25-19)16-7-3-1-4-8-16/h1-10,26H,11-14H2,(H,23,24,25)/t20-,21+. The van der Waals surface area contributed by atoms with E-state index >= 15 is 0 Å². The summed E-state index contributed by atoms with van der Waals surface area (Å²) >= 11 is 0. The van der Waals surface area contributed by atoms with Crippen LogP contribution in [0.5, 0.6) is 0 Å². The Hall–Kier alpha value is -2.97. The molecule has 0 saturated heterocycles. The van der Waals surface area contributed by atoms with Gasteiger partial charge in [-0.25, -0.2) is 4.98 Å². The van der Waals surface area contributed by atoms with Crippen molar-refractivity contribution in [3.8, 4) is 17.5 Å². The predicted octanol–water partition coefficient (Wildman–Crippen LogP) is 3.69. The molecule has 1 aromatic heterocycles. The van der Waals surface area contributed by atoms with Gasteiger partial charge in [0.05, 0.1) is 11.5 Å². The highest BCUT2D eigenvalue weighted by atomic mass is 16.3. The van der Waals surface area contributed by atoms with E-state index in [0.29, 0.717) is 37.3 Å². The zero-order chi connectivity index (χ0) is 18.0. The number of aromatic amines is 1. The molecule has 1 aliphatic rings. The number of H-pyrrole nitrogens is 1. The van der Waals surface area contributed by atoms with Crippen LogP contribution in [0.1, 0.15) is 37.1 Å². The number of benzene rings is 2. The highest BCUT2D eigenvalue weighted by Gasteiger charge is 2.45. The Labute approximate surface area is 152 Å². The molecule has 130 valence electrons. The Morgan fingerprint density at radius 3 is 2.15 bits per heavy atom. The van der Waals surface area contributed by atoms with E-state index in [1.807, 2.05) is 60.7 Å². The van der Waals surface area contributed by atoms with Crippen molar-refractivity contribution in [2.75, 3.05) is 0 Å². The van der Waals surface area contributed by atoms with Crippen LogP contribution in [0.25, 0.3) is 11.4 Å². The maximum atomic E-state index is 11.1. The van der Waals surface area contributed by atoms with Crippen molar-refractivity contribution in [1.82, 2.24) is 15.2 Å². The van der Waals surface area contributed by atoms with E-state index in [0.717, 1.165) is 11.1 Å². The van der Waals surface area contributed by atoms with Crippen LogP contribution in [0.15, 0.2) is 60.7 Å². The van der Waals surface area contributed by atoms with E-state index in [-0.39, 0.29) is 0 Å². The number of aromatic nitrogens is 3. The van der Waals surface area contributed by atoms with Gasteiger partial charge in [0.25, 0.3) is 0 Å². The summed E-state index contributed by atoms with van der Waals surface area (Å²) in [6.45, 7) is 0. The molecule has 0 aliphatic heterocycles. The number of hydrogen-bond acceptors (Lipinski definition) is 4. The Balaban J connectivity index is 1.57. The second-order valence-electron chi connectivity index (χ2n) is 6.97. The van der Waals surface area contributed by atoms with Gasteiger partial charge in [-0.05, 0) is 31.2 Å². The topological polar surface area (TPSA) is 85.6 Å². The van der Waals surface area contributed by atoms with Crippen LogP contribution in [-0.2, 0) is 11.0 Å². The Morgan fingerprint density at radius 1 is 0.923 bits per heavy atom. The van der Waals surface area contributed by atoms with Crippen molar-refractivity contribution in [3.63, 3.8) is 0 Å². The number of nitrogens with one attached hydrogen (secondary N) is 1. The lowest BCUT2D eigenvalue weighted by atomic mass is 9.66. The van der Waals surface area contributed by atoms with Gasteiger partial charge in [-0.2, -0.15) is 10.4 Å². The average molecular weight is 344 g/mol. The highest BCUT2D eigenvalue weighted by Crippen LogP contribution is 2.46. The summed E-state index contributed by atoms with van der Waals surface area (Å²) in [6, 6.07) is 22.1. The largest absolute Gasteiger partial charge is 0.382 e. The number of hydrogen-bond donors (Lipinski definition) is 2. The van der Waals surface area contributed by atoms with Crippen molar-refractivity contribution in [2.45, 2.75) is 36.7 Å². The van der Waals surface area contributed by atoms with Gasteiger partial charge in [-0.3, -0.25) is 5.10 Å². The quantitative estimate of drug-likeness (QED) is 0.759. The Bertz CT molecular complexity index is 919. The summed E-state index contributed by atoms with van der Waals surface area (Å²) in [5.74, 6) is 1.06. The summed E-state index contributed by atoms with van der Waals surface area (Å²) in [5, 5.41) is 28.1. The number of nitriles is 1. The van der Waals surface area contributed by atoms with Crippen LogP contribution >= 0.6 is 0 Å². The molecule has 5 nitrogen and oxygen atoms in total. The summed E-state index contributed by atoms with van der Waals surface area (Å²) < 4.78 is 0. The average Bonchev–Trinajstić information content (AvgIpc) is 3.22. The summed E-state index contributed by atoms with van der Waals surface area (Å²) in [7, 11) is 0. The zero-order valence-corrected chi connectivity index (χ0v) is 14.4. The van der Waals surface area contributed by atoms with Crippen LogP contribution < -0.4 is 0 Å². The van der Waals surface area contributed by atoms with Crippen molar-refractivity contribution in [1.29, 1.82) is 5.26 Å². The first-order valence-electron chi connectivity index (χ1n) is 8.83. The van der Waals surface area contributed by atoms with E-state index in [1.165, 1.54) is 0 Å². The minimum Gasteiger partial charge on any atom is -0.382 e. The summed E-state index contributed by atoms with van der Waals surface area (Å²) in [5.41, 5.74) is 0.302. The van der Waals surface area contributed by atoms with E-state index in [2.05, 4.69) is 21.3 Å². The van der Waals surface area contributed by atoms with Crippen LogP contribution in [0.2, 0.25) is 0 Å². The maximum Gasteiger partial charge on any atom is 0.182 e. The molecule has 0 unspecified atom stereocenters. The van der Waals surface area contributed by atoms with E-state index in [4.69, 9.17) is 0 Å². The van der Waals surface area contributed by atoms with Gasteiger partial charge in [0.15, 0.2) is 11.6 Å². The van der Waals surface area contributed by atoms with Gasteiger partial charge in [0.2, 0.25) is 0 Å². The molecule has 26 heavy (non-hydrogen) atoms. The number of rotatable bonds is 3. The second-order valence-corrected chi connectivity index (χ2v) is 6.97. The Kier molecular flexibility index (Phi) is 4.06. The molecule has 0 radical (unpaired) electrons. The molecule has 2 aromatic carbocycles. The monoisotopic (exact) mass is 344 g/mol. The lowest BCUT2D eigenvalue weighted by Gasteiger charge is -2.39. The molecular formula is C21H20N4O. The summed E-state index contributed by atoms with van der Waals surface area (Å²) in [4.78, 5) is 4.52. The first kappa shape index (κ1) is 16.5. The molecule has 2 N–H and O–H groups in total. The third kappa shape index (κ3) is 2.79. The van der Waals surface area contributed by atoms with E-state index < -0.39 is 11.0 Å². The lowest BCUT2D eigenvalue weighted by molar-refractivity contribution is -0.0212. The number of aliphatic hydroxyl groups is 1. The molecule has 1 saturated carbocycles. The molecule has 1 heterocycles. The molecule has 0 atom stereocenters. The van der Waals surface area contributed by atoms with Crippen LogP contribution in [0.3, 0.4) is 0 Å². The fourth-order valence-electron chi connectivity index (χ4n) is 3.73. The van der Waals surface area contributed by atoms with Crippen LogP contribution in [0.4, 0.5) is 0 Å². The molecule has 5 heteroatoms. The molecule has 3 aromatic rings. The maximum absolute atomic E-state index is 11.1. The first-order valence-corrected chi connectivity index (χ1v) is 8.83. The zero-order valence-electron chi connectivity index (χ0n) is 14.4. The SMILES string of the molecule is N#C[C@]1(c2ccccc2)CC[C@](O)(c2n[nH]c(-c3ccccc3)n2)CC1. The fourth-order valence-corrected chi connectivity index (χ4v) is 3.73. The third-order valence-corrected chi connectivity index (χ3v) is 5.42. The van der Waals surface area contributed by atoms with Crippen LogP contribution in [0, 0.1) is 11.3 Å². The van der Waals surface area contributed by atoms with Gasteiger partial charge in [-0.15, -0.1) is 0 Å². The van der Waals surface area contributed by atoms with Gasteiger partial charge < -0.3 is 5.11 Å². The van der Waals surface area contributed by atoms with Crippen molar-refractivity contribution in [3.05, 3.63) is 72.1 Å². The van der Waals surface area contributed by atoms with Gasteiger partial charge in [-0.1, -0.05) is 60.7 Å². The molecular weight excluding hydrogens is 324 g/mol. The fraction of sp³-hybridized carbons (Fsp3) is 0.286. The molecule has 0 amide bonds. The molecule has 0 spiro atoms. The van der Waals surface area contributed by atoms with Gasteiger partial charge in [0.1, 0.15) is 5.60 Å². The normalized spacial score (nSPS) is 25.5. The van der Waals surface area contributed by atoms with Crippen molar-refractivity contribution >= 4 is 0 Å². The van der Waals surface area contributed by atoms with Crippen molar-refractivity contribution in [2.24, 2.45) is 0 Å². The Morgan fingerprint density at radius 2 is 1.54 bits per heavy atom. The molecule has 1 aliphatic carbocycles. The van der Waals surface area contributed by atoms with Crippen LogP contribution in [-0.4, -0.2) is 20.3 Å². The second kappa shape index (κ2) is 6.40. The van der Waals surface area contributed by atoms with Crippen molar-refractivity contribution < 1.29 is 5.11 Å². The minimum atomic E-state index is -1.10.